The van der Waals surface area contributed by atoms with Gasteiger partial charge in [-0.25, -0.2) is 0 Å². The van der Waals surface area contributed by atoms with E-state index in [1.165, 1.54) is 36.8 Å². The van der Waals surface area contributed by atoms with E-state index >= 15 is 0 Å². The highest BCUT2D eigenvalue weighted by atomic mass is 16.5. The third kappa shape index (κ3) is 4.05. The lowest BCUT2D eigenvalue weighted by atomic mass is 9.99. The van der Waals surface area contributed by atoms with E-state index < -0.39 is 0 Å². The van der Waals surface area contributed by atoms with Crippen LogP contribution in [0.15, 0.2) is 24.3 Å². The fourth-order valence-electron chi connectivity index (χ4n) is 2.75. The maximum absolute atomic E-state index is 6.03. The van der Waals surface area contributed by atoms with Crippen molar-refractivity contribution in [1.82, 2.24) is 5.32 Å². The van der Waals surface area contributed by atoms with Gasteiger partial charge in [0.15, 0.2) is 0 Å². The standard InChI is InChI=1S/C17H27NO/c1-13(2)14-8-10-15(11-9-14)17(18-3)12-19-16-6-4-5-7-16/h8-11,13,16-18H,4-7,12H2,1-3H3. The summed E-state index contributed by atoms with van der Waals surface area (Å²) in [7, 11) is 2.01. The van der Waals surface area contributed by atoms with E-state index in [9.17, 15) is 0 Å². The van der Waals surface area contributed by atoms with E-state index in [0.717, 1.165) is 6.61 Å². The lowest BCUT2D eigenvalue weighted by molar-refractivity contribution is 0.0439. The molecule has 0 bridgehead atoms. The maximum atomic E-state index is 6.03. The molecule has 0 radical (unpaired) electrons. The second-order valence-electron chi connectivity index (χ2n) is 5.90. The van der Waals surface area contributed by atoms with Gasteiger partial charge in [-0.1, -0.05) is 51.0 Å². The molecule has 1 aliphatic rings. The van der Waals surface area contributed by atoms with Crippen molar-refractivity contribution in [3.63, 3.8) is 0 Å². The van der Waals surface area contributed by atoms with Crippen molar-refractivity contribution < 1.29 is 4.74 Å². The Morgan fingerprint density at radius 2 is 1.68 bits per heavy atom. The van der Waals surface area contributed by atoms with Crippen LogP contribution in [0.5, 0.6) is 0 Å². The Bertz CT molecular complexity index is 365. The monoisotopic (exact) mass is 261 g/mol. The zero-order chi connectivity index (χ0) is 13.7. The average Bonchev–Trinajstić information content (AvgIpc) is 2.93. The van der Waals surface area contributed by atoms with Crippen LogP contribution in [-0.4, -0.2) is 19.8 Å². The molecule has 1 fully saturated rings. The molecule has 2 heteroatoms. The van der Waals surface area contributed by atoms with Crippen molar-refractivity contribution in [2.45, 2.75) is 57.6 Å². The third-order valence-electron chi connectivity index (χ3n) is 4.15. The van der Waals surface area contributed by atoms with Gasteiger partial charge in [0.05, 0.1) is 18.8 Å². The summed E-state index contributed by atoms with van der Waals surface area (Å²) in [5, 5.41) is 3.37. The number of hydrogen-bond acceptors (Lipinski definition) is 2. The molecular formula is C17H27NO. The lowest BCUT2D eigenvalue weighted by Crippen LogP contribution is -2.24. The quantitative estimate of drug-likeness (QED) is 0.834. The third-order valence-corrected chi connectivity index (χ3v) is 4.15. The number of hydrogen-bond donors (Lipinski definition) is 1. The number of ether oxygens (including phenoxy) is 1. The molecule has 0 heterocycles. The van der Waals surface area contributed by atoms with Gasteiger partial charge in [-0.3, -0.25) is 0 Å². The Kier molecular flexibility index (Phi) is 5.41. The summed E-state index contributed by atoms with van der Waals surface area (Å²) in [4.78, 5) is 0. The molecule has 2 nitrogen and oxygen atoms in total. The molecule has 1 unspecified atom stereocenters. The van der Waals surface area contributed by atoms with Crippen molar-refractivity contribution in [3.8, 4) is 0 Å². The van der Waals surface area contributed by atoms with Crippen LogP contribution in [0, 0.1) is 0 Å². The SMILES string of the molecule is CNC(COC1CCCC1)c1ccc(C(C)C)cc1. The number of likely N-dealkylation sites (N-methyl/N-ethyl adjacent to an activating group) is 1. The Hall–Kier alpha value is -0.860. The van der Waals surface area contributed by atoms with Gasteiger partial charge in [-0.15, -0.1) is 0 Å². The van der Waals surface area contributed by atoms with Crippen LogP contribution in [-0.2, 0) is 4.74 Å². The van der Waals surface area contributed by atoms with Crippen molar-refractivity contribution in [2.24, 2.45) is 0 Å². The number of nitrogens with one attached hydrogen (secondary N) is 1. The molecule has 2 rings (SSSR count). The Balaban J connectivity index is 1.92. The molecular weight excluding hydrogens is 234 g/mol. The van der Waals surface area contributed by atoms with Gasteiger partial charge in [0.25, 0.3) is 0 Å². The second-order valence-corrected chi connectivity index (χ2v) is 5.90. The molecule has 0 saturated heterocycles. The van der Waals surface area contributed by atoms with Gasteiger partial charge in [0.2, 0.25) is 0 Å². The number of rotatable bonds is 6. The minimum Gasteiger partial charge on any atom is -0.376 e. The predicted molar refractivity (Wildman–Crippen MR) is 80.5 cm³/mol. The predicted octanol–water partition coefficient (Wildman–Crippen LogP) is 4.03. The molecule has 0 aromatic heterocycles. The van der Waals surface area contributed by atoms with Gasteiger partial charge in [-0.05, 0) is 36.9 Å². The molecule has 1 atom stereocenters. The van der Waals surface area contributed by atoms with Crippen LogP contribution in [0.25, 0.3) is 0 Å². The molecule has 0 spiro atoms. The summed E-state index contributed by atoms with van der Waals surface area (Å²) in [6.45, 7) is 5.24. The van der Waals surface area contributed by atoms with Gasteiger partial charge in [0.1, 0.15) is 0 Å². The lowest BCUT2D eigenvalue weighted by Gasteiger charge is -2.20. The normalized spacial score (nSPS) is 18.1. The van der Waals surface area contributed by atoms with Gasteiger partial charge in [-0.2, -0.15) is 0 Å². The summed E-state index contributed by atoms with van der Waals surface area (Å²) in [6.07, 6.45) is 5.63. The van der Waals surface area contributed by atoms with E-state index in [4.69, 9.17) is 4.74 Å². The molecule has 1 aromatic rings. The highest BCUT2D eigenvalue weighted by Crippen LogP contribution is 2.23. The molecule has 19 heavy (non-hydrogen) atoms. The van der Waals surface area contributed by atoms with Crippen molar-refractivity contribution >= 4 is 0 Å². The van der Waals surface area contributed by atoms with Crippen LogP contribution >= 0.6 is 0 Å². The van der Waals surface area contributed by atoms with Crippen LogP contribution in [0.2, 0.25) is 0 Å². The highest BCUT2D eigenvalue weighted by Gasteiger charge is 2.18. The van der Waals surface area contributed by atoms with E-state index in [1.807, 2.05) is 7.05 Å². The van der Waals surface area contributed by atoms with Gasteiger partial charge < -0.3 is 10.1 Å². The summed E-state index contributed by atoms with van der Waals surface area (Å²) in [6, 6.07) is 9.24. The summed E-state index contributed by atoms with van der Waals surface area (Å²) >= 11 is 0. The smallest absolute Gasteiger partial charge is 0.0665 e. The van der Waals surface area contributed by atoms with E-state index in [-0.39, 0.29) is 0 Å². The van der Waals surface area contributed by atoms with Crippen molar-refractivity contribution in [3.05, 3.63) is 35.4 Å². The largest absolute Gasteiger partial charge is 0.376 e. The molecule has 0 amide bonds. The first-order chi connectivity index (χ1) is 9.20. The van der Waals surface area contributed by atoms with Crippen LogP contribution in [0.3, 0.4) is 0 Å². The Morgan fingerprint density at radius 3 is 2.21 bits per heavy atom. The molecule has 1 aliphatic carbocycles. The fourth-order valence-corrected chi connectivity index (χ4v) is 2.75. The second kappa shape index (κ2) is 7.06. The molecule has 0 aliphatic heterocycles. The summed E-state index contributed by atoms with van der Waals surface area (Å²) < 4.78 is 6.03. The topological polar surface area (TPSA) is 21.3 Å². The van der Waals surface area contributed by atoms with Crippen LogP contribution in [0.4, 0.5) is 0 Å². The van der Waals surface area contributed by atoms with E-state index in [1.54, 1.807) is 0 Å². The van der Waals surface area contributed by atoms with E-state index in [2.05, 4.69) is 43.4 Å². The molecule has 1 N–H and O–H groups in total. The first-order valence-corrected chi connectivity index (χ1v) is 7.59. The summed E-state index contributed by atoms with van der Waals surface area (Å²) in [5.41, 5.74) is 2.72. The minimum absolute atomic E-state index is 0.307. The van der Waals surface area contributed by atoms with Crippen LogP contribution < -0.4 is 5.32 Å². The number of benzene rings is 1. The summed E-state index contributed by atoms with van der Waals surface area (Å²) in [5.74, 6) is 0.594. The van der Waals surface area contributed by atoms with Gasteiger partial charge in [0, 0.05) is 0 Å². The highest BCUT2D eigenvalue weighted by molar-refractivity contribution is 5.26. The first kappa shape index (κ1) is 14.5. The Labute approximate surface area is 117 Å². The van der Waals surface area contributed by atoms with Gasteiger partial charge >= 0.3 is 0 Å². The Morgan fingerprint density at radius 1 is 1.11 bits per heavy atom. The van der Waals surface area contributed by atoms with Crippen molar-refractivity contribution in [1.29, 1.82) is 0 Å². The molecule has 1 saturated carbocycles. The minimum atomic E-state index is 0.307. The van der Waals surface area contributed by atoms with E-state index in [0.29, 0.717) is 18.1 Å². The maximum Gasteiger partial charge on any atom is 0.0665 e. The average molecular weight is 261 g/mol. The van der Waals surface area contributed by atoms with Crippen LogP contribution in [0.1, 0.15) is 62.6 Å². The first-order valence-electron chi connectivity index (χ1n) is 7.59. The molecule has 1 aromatic carbocycles. The molecule has 106 valence electrons. The fraction of sp³-hybridized carbons (Fsp3) is 0.647. The van der Waals surface area contributed by atoms with Crippen molar-refractivity contribution in [2.75, 3.05) is 13.7 Å². The zero-order valence-electron chi connectivity index (χ0n) is 12.5. The zero-order valence-corrected chi connectivity index (χ0v) is 12.5.